The van der Waals surface area contributed by atoms with Crippen LogP contribution in [0.3, 0.4) is 0 Å². The van der Waals surface area contributed by atoms with E-state index in [0.717, 1.165) is 29.6 Å². The third-order valence-electron chi connectivity index (χ3n) is 5.57. The third kappa shape index (κ3) is 3.75. The van der Waals surface area contributed by atoms with Crippen molar-refractivity contribution in [2.45, 2.75) is 64.8 Å². The van der Waals surface area contributed by atoms with Crippen LogP contribution in [0.15, 0.2) is 10.6 Å². The van der Waals surface area contributed by atoms with Gasteiger partial charge in [-0.25, -0.2) is 4.98 Å². The Morgan fingerprint density at radius 3 is 2.68 bits per heavy atom. The highest BCUT2D eigenvalue weighted by Gasteiger charge is 2.32. The molecule has 2 fully saturated rings. The smallest absolute Gasteiger partial charge is 0.259 e. The van der Waals surface area contributed by atoms with E-state index in [1.165, 1.54) is 0 Å². The van der Waals surface area contributed by atoms with Crippen LogP contribution in [0.2, 0.25) is 0 Å². The number of carbonyl (C=O) groups excluding carboxylic acids is 2. The Balaban J connectivity index is 1.73. The molecule has 4 rings (SSSR count). The second kappa shape index (κ2) is 6.87. The Morgan fingerprint density at radius 1 is 1.32 bits per heavy atom. The quantitative estimate of drug-likeness (QED) is 0.875. The van der Waals surface area contributed by atoms with Crippen molar-refractivity contribution in [2.24, 2.45) is 5.41 Å². The lowest BCUT2D eigenvalue weighted by molar-refractivity contribution is -0.123. The van der Waals surface area contributed by atoms with E-state index in [9.17, 15) is 9.59 Å². The lowest BCUT2D eigenvalue weighted by atomic mass is 9.89. The molecule has 1 N–H and O–H groups in total. The van der Waals surface area contributed by atoms with Crippen LogP contribution in [0.1, 0.15) is 74.1 Å². The first-order valence-corrected chi connectivity index (χ1v) is 10.1. The van der Waals surface area contributed by atoms with Gasteiger partial charge in [-0.15, -0.1) is 0 Å². The monoisotopic (exact) mass is 384 g/mol. The fraction of sp³-hybridized carbons (Fsp3) is 0.619. The highest BCUT2D eigenvalue weighted by atomic mass is 16.5. The summed E-state index contributed by atoms with van der Waals surface area (Å²) in [6.07, 6.45) is 4.02. The average molecular weight is 384 g/mol. The van der Waals surface area contributed by atoms with E-state index in [-0.39, 0.29) is 23.3 Å². The van der Waals surface area contributed by atoms with E-state index >= 15 is 0 Å². The van der Waals surface area contributed by atoms with E-state index in [1.807, 2.05) is 13.1 Å². The molecule has 1 unspecified atom stereocenters. The highest BCUT2D eigenvalue weighted by molar-refractivity contribution is 6.06. The second-order valence-corrected chi connectivity index (χ2v) is 9.33. The molecular weight excluding hydrogens is 356 g/mol. The zero-order chi connectivity index (χ0) is 20.1. The third-order valence-corrected chi connectivity index (χ3v) is 5.57. The summed E-state index contributed by atoms with van der Waals surface area (Å²) in [5, 5.41) is 7.85. The predicted molar refractivity (Wildman–Crippen MR) is 105 cm³/mol. The molecule has 1 atom stereocenters. The molecule has 28 heavy (non-hydrogen) atoms. The topological polar surface area (TPSA) is 88.3 Å². The number of pyridine rings is 1. The number of carbonyl (C=O) groups is 2. The average Bonchev–Trinajstić information content (AvgIpc) is 3.42. The van der Waals surface area contributed by atoms with Crippen molar-refractivity contribution < 1.29 is 14.1 Å². The van der Waals surface area contributed by atoms with Gasteiger partial charge in [0.05, 0.1) is 16.6 Å². The molecule has 1 saturated carbocycles. The van der Waals surface area contributed by atoms with Crippen molar-refractivity contribution >= 4 is 22.9 Å². The zero-order valence-corrected chi connectivity index (χ0v) is 17.0. The van der Waals surface area contributed by atoms with Gasteiger partial charge < -0.3 is 14.7 Å². The summed E-state index contributed by atoms with van der Waals surface area (Å²) in [6.45, 7) is 6.90. The number of rotatable bonds is 4. The van der Waals surface area contributed by atoms with Crippen molar-refractivity contribution in [3.05, 3.63) is 23.0 Å². The molecule has 1 aliphatic carbocycles. The van der Waals surface area contributed by atoms with E-state index in [2.05, 4.69) is 36.2 Å². The number of fused-ring (bicyclic) bond motifs is 1. The van der Waals surface area contributed by atoms with Gasteiger partial charge in [-0.05, 0) is 37.2 Å². The van der Waals surface area contributed by atoms with Gasteiger partial charge in [0, 0.05) is 37.7 Å². The number of hydrogen-bond acceptors (Lipinski definition) is 5. The van der Waals surface area contributed by atoms with Gasteiger partial charge in [-0.2, -0.15) is 0 Å². The number of hydrogen-bond donors (Lipinski definition) is 1. The number of nitrogens with one attached hydrogen (secondary N) is 1. The number of aromatic nitrogens is 2. The van der Waals surface area contributed by atoms with Crippen LogP contribution in [0.5, 0.6) is 0 Å². The molecule has 1 saturated heterocycles. The molecule has 0 radical (unpaired) electrons. The summed E-state index contributed by atoms with van der Waals surface area (Å²) in [5.41, 5.74) is 2.79. The maximum atomic E-state index is 13.5. The van der Waals surface area contributed by atoms with Crippen LogP contribution < -0.4 is 5.32 Å². The number of likely N-dealkylation sites (N-methyl/N-ethyl adjacent to an activating group) is 1. The molecule has 7 heteroatoms. The minimum atomic E-state index is -0.0613. The largest absolute Gasteiger partial charge is 0.354 e. The second-order valence-electron chi connectivity index (χ2n) is 9.33. The molecule has 3 heterocycles. The Hall–Kier alpha value is -2.44. The summed E-state index contributed by atoms with van der Waals surface area (Å²) >= 11 is 0. The van der Waals surface area contributed by atoms with Gasteiger partial charge in [0.1, 0.15) is 0 Å². The van der Waals surface area contributed by atoms with Crippen molar-refractivity contribution in [3.8, 4) is 0 Å². The molecule has 2 amide bonds. The van der Waals surface area contributed by atoms with E-state index in [4.69, 9.17) is 4.52 Å². The van der Waals surface area contributed by atoms with Crippen LogP contribution in [-0.4, -0.2) is 46.5 Å². The maximum Gasteiger partial charge on any atom is 0.259 e. The summed E-state index contributed by atoms with van der Waals surface area (Å²) in [4.78, 5) is 31.3. The first kappa shape index (κ1) is 18.9. The molecule has 2 aromatic heterocycles. The van der Waals surface area contributed by atoms with E-state index in [1.54, 1.807) is 4.90 Å². The van der Waals surface area contributed by atoms with Gasteiger partial charge in [0.2, 0.25) is 5.91 Å². The zero-order valence-electron chi connectivity index (χ0n) is 17.0. The Bertz CT molecular complexity index is 914. The Morgan fingerprint density at radius 2 is 2.07 bits per heavy atom. The van der Waals surface area contributed by atoms with Crippen LogP contribution in [0, 0.1) is 5.41 Å². The van der Waals surface area contributed by atoms with Gasteiger partial charge in [0.25, 0.3) is 11.6 Å². The van der Waals surface area contributed by atoms with Gasteiger partial charge >= 0.3 is 0 Å². The number of amides is 2. The highest BCUT2D eigenvalue weighted by Crippen LogP contribution is 2.41. The predicted octanol–water partition coefficient (Wildman–Crippen LogP) is 3.04. The van der Waals surface area contributed by atoms with E-state index < -0.39 is 0 Å². The van der Waals surface area contributed by atoms with Crippen molar-refractivity contribution in [2.75, 3.05) is 13.6 Å². The maximum absolute atomic E-state index is 13.5. The van der Waals surface area contributed by atoms with Crippen molar-refractivity contribution in [1.29, 1.82) is 0 Å². The fourth-order valence-corrected chi connectivity index (χ4v) is 3.82. The van der Waals surface area contributed by atoms with Crippen molar-refractivity contribution in [3.63, 3.8) is 0 Å². The summed E-state index contributed by atoms with van der Waals surface area (Å²) in [5.74, 6) is 0.395. The lowest BCUT2D eigenvalue weighted by Gasteiger charge is -2.31. The SMILES string of the molecule is CN(C(=O)c1cc(C2CC2)nc2onc(CC(C)(C)C)c12)C1CCC(=O)NC1. The molecular formula is C21H28N4O3. The molecule has 2 aromatic rings. The molecule has 0 spiro atoms. The minimum absolute atomic E-state index is 0.0104. The van der Waals surface area contributed by atoms with E-state index in [0.29, 0.717) is 43.0 Å². The van der Waals surface area contributed by atoms with Gasteiger partial charge in [-0.3, -0.25) is 9.59 Å². The summed E-state index contributed by atoms with van der Waals surface area (Å²) in [7, 11) is 1.81. The van der Waals surface area contributed by atoms with Crippen molar-refractivity contribution in [1.82, 2.24) is 20.4 Å². The fourth-order valence-electron chi connectivity index (χ4n) is 3.82. The van der Waals surface area contributed by atoms with Crippen LogP contribution >= 0.6 is 0 Å². The molecule has 0 aromatic carbocycles. The van der Waals surface area contributed by atoms with Crippen LogP contribution in [0.4, 0.5) is 0 Å². The Kier molecular flexibility index (Phi) is 4.63. The first-order valence-electron chi connectivity index (χ1n) is 10.1. The molecule has 1 aliphatic heterocycles. The lowest BCUT2D eigenvalue weighted by Crippen LogP contribution is -2.48. The molecule has 150 valence electrons. The summed E-state index contributed by atoms with van der Waals surface area (Å²) in [6, 6.07) is 1.92. The molecule has 0 bridgehead atoms. The summed E-state index contributed by atoms with van der Waals surface area (Å²) < 4.78 is 5.55. The first-order chi connectivity index (χ1) is 13.2. The molecule has 2 aliphatic rings. The Labute approximate surface area is 164 Å². The minimum Gasteiger partial charge on any atom is -0.354 e. The van der Waals surface area contributed by atoms with Gasteiger partial charge in [-0.1, -0.05) is 25.9 Å². The van der Waals surface area contributed by atoms with Crippen LogP contribution in [0.25, 0.3) is 11.1 Å². The molecule has 7 nitrogen and oxygen atoms in total. The standard InChI is InChI=1S/C21H28N4O3/c1-21(2,3)10-16-18-14(9-15(12-5-6-12)23-19(18)28-24-16)20(27)25(4)13-7-8-17(26)22-11-13/h9,12-13H,5-8,10-11H2,1-4H3,(H,22,26). The van der Waals surface area contributed by atoms with Crippen LogP contribution in [-0.2, 0) is 11.2 Å². The van der Waals surface area contributed by atoms with Gasteiger partial charge in [0.15, 0.2) is 0 Å². The number of piperidine rings is 1. The normalized spacial score (nSPS) is 20.3. The number of nitrogens with zero attached hydrogens (tertiary/aromatic N) is 3.